The van der Waals surface area contributed by atoms with Gasteiger partial charge >= 0.3 is 73.8 Å². The van der Waals surface area contributed by atoms with E-state index in [1.54, 1.807) is 0 Å². The van der Waals surface area contributed by atoms with Gasteiger partial charge in [-0.3, -0.25) is 0 Å². The van der Waals surface area contributed by atoms with Crippen molar-refractivity contribution < 1.29 is 104 Å². The molecule has 0 fully saturated rings. The summed E-state index contributed by atoms with van der Waals surface area (Å²) < 4.78 is 0. The van der Waals surface area contributed by atoms with Crippen LogP contribution in [-0.4, -0.2) is 39.6 Å². The minimum atomic E-state index is 0. The Hall–Kier alpha value is 2.14. The Morgan fingerprint density at radius 2 is 0.406 bits per heavy atom. The van der Waals surface area contributed by atoms with Crippen molar-refractivity contribution in [2.24, 2.45) is 0 Å². The first kappa shape index (κ1) is 54.9. The molecule has 32 heavy (non-hydrogen) atoms. The molecular weight excluding hydrogens is 516 g/mol. The van der Waals surface area contributed by atoms with Gasteiger partial charge in [0, 0.05) is 0 Å². The molecule has 0 aromatic carbocycles. The maximum Gasteiger partial charge on any atom is 5.00 e. The molecule has 0 N–H and O–H groups in total. The van der Waals surface area contributed by atoms with Crippen molar-refractivity contribution in [3.05, 3.63) is 0 Å². The first-order valence-electron chi connectivity index (χ1n) is 12.0. The van der Waals surface area contributed by atoms with Gasteiger partial charge in [0.05, 0.1) is 0 Å². The third kappa shape index (κ3) is 156. The molecule has 0 saturated heterocycles. The van der Waals surface area contributed by atoms with E-state index in [4.69, 9.17) is 0 Å². The molecule has 0 aromatic rings. The summed E-state index contributed by atoms with van der Waals surface area (Å²) in [6.07, 6.45) is 11.2. The van der Waals surface area contributed by atoms with Crippen LogP contribution in [0.2, 0.25) is 0 Å². The zero-order chi connectivity index (χ0) is 24.7. The molecule has 0 rings (SSSR count). The standard InChI is InChI=1S/6C4H9O.K.Nb/c6*1-2-3-4-5;;/h6*2-4H2,1H3;;/q6*-1;+1;+5. The summed E-state index contributed by atoms with van der Waals surface area (Å²) in [4.78, 5) is 0. The molecule has 8 heteroatoms. The second kappa shape index (κ2) is 84.4. The largest absolute Gasteiger partial charge is 5.00 e. The fourth-order valence-electron chi connectivity index (χ4n) is 0.866. The van der Waals surface area contributed by atoms with Crippen LogP contribution in [0.5, 0.6) is 0 Å². The average molecular weight is 571 g/mol. The van der Waals surface area contributed by atoms with Crippen molar-refractivity contribution in [3.63, 3.8) is 0 Å². The zero-order valence-corrected chi connectivity index (χ0v) is 27.9. The van der Waals surface area contributed by atoms with E-state index in [9.17, 15) is 30.6 Å². The monoisotopic (exact) mass is 570 g/mol. The molecule has 0 aliphatic rings. The van der Waals surface area contributed by atoms with E-state index in [-0.39, 0.29) is 113 Å². The Morgan fingerprint density at radius 1 is 0.312 bits per heavy atom. The van der Waals surface area contributed by atoms with Gasteiger partial charge in [-0.05, 0) is 0 Å². The van der Waals surface area contributed by atoms with E-state index in [0.29, 0.717) is 0 Å². The van der Waals surface area contributed by atoms with Gasteiger partial charge in [-0.15, -0.1) is 39.6 Å². The second-order valence-electron chi connectivity index (χ2n) is 6.35. The Bertz CT molecular complexity index is 126. The minimum Gasteiger partial charge on any atom is -0.854 e. The smallest absolute Gasteiger partial charge is 0.854 e. The summed E-state index contributed by atoms with van der Waals surface area (Å²) in [6, 6.07) is 0. The fourth-order valence-corrected chi connectivity index (χ4v) is 0.866. The Balaban J connectivity index is -0.0000000356. The summed E-state index contributed by atoms with van der Waals surface area (Å²) in [5.41, 5.74) is 0. The van der Waals surface area contributed by atoms with E-state index in [2.05, 4.69) is 0 Å². The summed E-state index contributed by atoms with van der Waals surface area (Å²) in [7, 11) is 0. The van der Waals surface area contributed by atoms with Crippen LogP contribution in [0, 0.1) is 0 Å². The molecule has 0 aliphatic heterocycles. The third-order valence-corrected chi connectivity index (χ3v) is 2.99. The maximum absolute atomic E-state index is 9.53. The molecule has 0 aromatic heterocycles. The molecule has 0 bridgehead atoms. The first-order valence-corrected chi connectivity index (χ1v) is 12.0. The molecular formula is C24H54KNbO6. The van der Waals surface area contributed by atoms with Crippen molar-refractivity contribution in [2.45, 2.75) is 119 Å². The quantitative estimate of drug-likeness (QED) is 0.246. The minimum absolute atomic E-state index is 0. The van der Waals surface area contributed by atoms with E-state index in [1.165, 1.54) is 0 Å². The number of hydrogen-bond donors (Lipinski definition) is 0. The van der Waals surface area contributed by atoms with E-state index in [1.807, 2.05) is 41.5 Å². The number of rotatable bonds is 12. The van der Waals surface area contributed by atoms with Crippen LogP contribution in [0.4, 0.5) is 0 Å². The first-order chi connectivity index (χ1) is 14.5. The third-order valence-electron chi connectivity index (χ3n) is 2.99. The molecule has 192 valence electrons. The maximum atomic E-state index is 9.53. The van der Waals surface area contributed by atoms with Gasteiger partial charge in [0.25, 0.3) is 0 Å². The number of hydrogen-bond acceptors (Lipinski definition) is 6. The molecule has 0 atom stereocenters. The van der Waals surface area contributed by atoms with Gasteiger partial charge in [0.15, 0.2) is 0 Å². The van der Waals surface area contributed by atoms with Crippen molar-refractivity contribution in [1.29, 1.82) is 0 Å². The van der Waals surface area contributed by atoms with Crippen LogP contribution in [0.25, 0.3) is 0 Å². The van der Waals surface area contributed by atoms with Gasteiger partial charge < -0.3 is 30.6 Å². The molecule has 0 amide bonds. The summed E-state index contributed by atoms with van der Waals surface area (Å²) in [5.74, 6) is 0. The average Bonchev–Trinajstić information content (AvgIpc) is 2.74. The van der Waals surface area contributed by atoms with Crippen molar-refractivity contribution in [3.8, 4) is 0 Å². The van der Waals surface area contributed by atoms with Crippen molar-refractivity contribution in [1.82, 2.24) is 0 Å². The van der Waals surface area contributed by atoms with Gasteiger partial charge in [0.2, 0.25) is 0 Å². The Labute approximate surface area is 259 Å². The molecule has 0 unspecified atom stereocenters. The Kier molecular flexibility index (Phi) is 145. The zero-order valence-electron chi connectivity index (χ0n) is 22.6. The van der Waals surface area contributed by atoms with Gasteiger partial charge in [0.1, 0.15) is 0 Å². The second-order valence-corrected chi connectivity index (χ2v) is 6.35. The molecule has 0 spiro atoms. The fraction of sp³-hybridized carbons (Fsp3) is 1.00. The van der Waals surface area contributed by atoms with E-state index >= 15 is 0 Å². The van der Waals surface area contributed by atoms with Gasteiger partial charge in [-0.1, -0.05) is 119 Å². The van der Waals surface area contributed by atoms with Crippen LogP contribution in [0.15, 0.2) is 0 Å². The van der Waals surface area contributed by atoms with Gasteiger partial charge in [-0.25, -0.2) is 0 Å². The van der Waals surface area contributed by atoms with Crippen LogP contribution in [0.1, 0.15) is 119 Å². The van der Waals surface area contributed by atoms with Crippen LogP contribution in [0.3, 0.4) is 0 Å². The van der Waals surface area contributed by atoms with E-state index in [0.717, 1.165) is 77.0 Å². The topological polar surface area (TPSA) is 138 Å². The molecule has 0 aliphatic carbocycles. The molecule has 0 heterocycles. The molecule has 6 nitrogen and oxygen atoms in total. The van der Waals surface area contributed by atoms with Crippen LogP contribution >= 0.6 is 0 Å². The van der Waals surface area contributed by atoms with Crippen LogP contribution in [-0.2, 0) is 22.4 Å². The van der Waals surface area contributed by atoms with Crippen molar-refractivity contribution >= 4 is 0 Å². The normalized spacial score (nSPS) is 7.88. The Morgan fingerprint density at radius 3 is 0.406 bits per heavy atom. The predicted molar refractivity (Wildman–Crippen MR) is 119 cm³/mol. The number of unbranched alkanes of at least 4 members (excludes halogenated alkanes) is 6. The summed E-state index contributed by atoms with van der Waals surface area (Å²) in [6.45, 7) is 12.6. The predicted octanol–water partition coefficient (Wildman–Crippen LogP) is -2.12. The van der Waals surface area contributed by atoms with Gasteiger partial charge in [-0.2, -0.15) is 0 Å². The summed E-state index contributed by atoms with van der Waals surface area (Å²) in [5, 5.41) is 57.2. The van der Waals surface area contributed by atoms with E-state index < -0.39 is 0 Å². The SMILES string of the molecule is CCCC[O-].CCCC[O-].CCCC[O-].CCCC[O-].CCCC[O-].CCCC[O-].[K+].[Nb+5]. The van der Waals surface area contributed by atoms with Crippen LogP contribution < -0.4 is 82.0 Å². The summed E-state index contributed by atoms with van der Waals surface area (Å²) >= 11 is 0. The van der Waals surface area contributed by atoms with Crippen molar-refractivity contribution in [2.75, 3.05) is 39.6 Å². The molecule has 0 saturated carbocycles. The molecule has 0 radical (unpaired) electrons.